The number of H-pyrrole nitrogens is 1. The van der Waals surface area contributed by atoms with Gasteiger partial charge < -0.3 is 10.3 Å². The molecular formula is C17H22N2O. The number of aromatic amines is 1. The summed E-state index contributed by atoms with van der Waals surface area (Å²) in [5, 5.41) is 4.22. The SMILES string of the molecule is CC1CCC(NC(=O)c2cccc3[nH]ccc23)CC1C. The third-order valence-corrected chi connectivity index (χ3v) is 4.77. The third kappa shape index (κ3) is 2.45. The predicted molar refractivity (Wildman–Crippen MR) is 81.7 cm³/mol. The van der Waals surface area contributed by atoms with E-state index in [1.165, 1.54) is 6.42 Å². The van der Waals surface area contributed by atoms with E-state index >= 15 is 0 Å². The van der Waals surface area contributed by atoms with Gasteiger partial charge in [-0.25, -0.2) is 0 Å². The second kappa shape index (κ2) is 5.31. The lowest BCUT2D eigenvalue weighted by molar-refractivity contribution is 0.0912. The number of nitrogens with one attached hydrogen (secondary N) is 2. The van der Waals surface area contributed by atoms with Gasteiger partial charge in [0.2, 0.25) is 0 Å². The van der Waals surface area contributed by atoms with E-state index in [2.05, 4.69) is 24.1 Å². The first-order valence-corrected chi connectivity index (χ1v) is 7.52. The highest BCUT2D eigenvalue weighted by molar-refractivity contribution is 6.06. The van der Waals surface area contributed by atoms with Crippen molar-refractivity contribution >= 4 is 16.8 Å². The lowest BCUT2D eigenvalue weighted by atomic mass is 9.79. The maximum Gasteiger partial charge on any atom is 0.252 e. The van der Waals surface area contributed by atoms with Crippen LogP contribution in [0.15, 0.2) is 30.5 Å². The van der Waals surface area contributed by atoms with Gasteiger partial charge in [0, 0.05) is 28.7 Å². The van der Waals surface area contributed by atoms with Crippen LogP contribution in [-0.2, 0) is 0 Å². The standard InChI is InChI=1S/C17H22N2O/c1-11-6-7-13(10-12(11)2)19-17(20)15-4-3-5-16-14(15)8-9-18-16/h3-5,8-9,11-13,18H,6-7,10H2,1-2H3,(H,19,20). The van der Waals surface area contributed by atoms with E-state index in [0.717, 1.165) is 35.2 Å². The van der Waals surface area contributed by atoms with Crippen LogP contribution < -0.4 is 5.32 Å². The van der Waals surface area contributed by atoms with Gasteiger partial charge in [0.05, 0.1) is 0 Å². The van der Waals surface area contributed by atoms with Crippen molar-refractivity contribution in [2.45, 2.75) is 39.2 Å². The zero-order chi connectivity index (χ0) is 14.1. The summed E-state index contributed by atoms with van der Waals surface area (Å²) in [5.41, 5.74) is 1.79. The minimum absolute atomic E-state index is 0.0574. The van der Waals surface area contributed by atoms with Gasteiger partial charge in [-0.1, -0.05) is 19.9 Å². The molecule has 1 aliphatic rings. The first-order chi connectivity index (χ1) is 9.65. The molecule has 3 heteroatoms. The number of carbonyl (C=O) groups is 1. The zero-order valence-corrected chi connectivity index (χ0v) is 12.1. The smallest absolute Gasteiger partial charge is 0.252 e. The maximum absolute atomic E-state index is 12.5. The summed E-state index contributed by atoms with van der Waals surface area (Å²) in [6.07, 6.45) is 5.28. The first-order valence-electron chi connectivity index (χ1n) is 7.52. The lowest BCUT2D eigenvalue weighted by Crippen LogP contribution is -2.39. The van der Waals surface area contributed by atoms with Gasteiger partial charge in [-0.05, 0) is 49.3 Å². The summed E-state index contributed by atoms with van der Waals surface area (Å²) in [6.45, 7) is 4.60. The van der Waals surface area contributed by atoms with Crippen molar-refractivity contribution in [2.24, 2.45) is 11.8 Å². The van der Waals surface area contributed by atoms with E-state index in [0.29, 0.717) is 12.0 Å². The largest absolute Gasteiger partial charge is 0.361 e. The number of hydrogen-bond donors (Lipinski definition) is 2. The van der Waals surface area contributed by atoms with Crippen LogP contribution in [0.1, 0.15) is 43.5 Å². The number of rotatable bonds is 2. The van der Waals surface area contributed by atoms with Crippen molar-refractivity contribution < 1.29 is 4.79 Å². The molecule has 0 bridgehead atoms. The third-order valence-electron chi connectivity index (χ3n) is 4.77. The van der Waals surface area contributed by atoms with Crippen molar-refractivity contribution in [1.82, 2.24) is 10.3 Å². The molecule has 3 rings (SSSR count). The van der Waals surface area contributed by atoms with Crippen molar-refractivity contribution in [2.75, 3.05) is 0 Å². The number of hydrogen-bond acceptors (Lipinski definition) is 1. The Morgan fingerprint density at radius 1 is 1.20 bits per heavy atom. The molecule has 1 aromatic heterocycles. The highest BCUT2D eigenvalue weighted by Gasteiger charge is 2.26. The molecule has 3 atom stereocenters. The second-order valence-corrected chi connectivity index (χ2v) is 6.18. The summed E-state index contributed by atoms with van der Waals surface area (Å²) >= 11 is 0. The van der Waals surface area contributed by atoms with Crippen molar-refractivity contribution in [1.29, 1.82) is 0 Å². The molecule has 1 aliphatic carbocycles. The van der Waals surface area contributed by atoms with Gasteiger partial charge in [-0.2, -0.15) is 0 Å². The molecule has 2 N–H and O–H groups in total. The molecule has 20 heavy (non-hydrogen) atoms. The molecule has 1 fully saturated rings. The fourth-order valence-electron chi connectivity index (χ4n) is 3.23. The Kier molecular flexibility index (Phi) is 3.51. The monoisotopic (exact) mass is 270 g/mol. The summed E-state index contributed by atoms with van der Waals surface area (Å²) in [7, 11) is 0. The van der Waals surface area contributed by atoms with Gasteiger partial charge in [0.1, 0.15) is 0 Å². The van der Waals surface area contributed by atoms with Crippen LogP contribution in [0.4, 0.5) is 0 Å². The van der Waals surface area contributed by atoms with Crippen LogP contribution in [0.2, 0.25) is 0 Å². The van der Waals surface area contributed by atoms with Crippen LogP contribution in [-0.4, -0.2) is 16.9 Å². The van der Waals surface area contributed by atoms with E-state index in [4.69, 9.17) is 0 Å². The summed E-state index contributed by atoms with van der Waals surface area (Å²) < 4.78 is 0. The van der Waals surface area contributed by atoms with Crippen LogP contribution in [0.3, 0.4) is 0 Å². The van der Waals surface area contributed by atoms with E-state index in [1.807, 2.05) is 30.5 Å². The molecule has 0 spiro atoms. The number of benzene rings is 1. The van der Waals surface area contributed by atoms with E-state index in [1.54, 1.807) is 0 Å². The van der Waals surface area contributed by atoms with Gasteiger partial charge in [0.25, 0.3) is 5.91 Å². The molecule has 0 aliphatic heterocycles. The van der Waals surface area contributed by atoms with E-state index < -0.39 is 0 Å². The minimum atomic E-state index is 0.0574. The maximum atomic E-state index is 12.5. The highest BCUT2D eigenvalue weighted by Crippen LogP contribution is 2.29. The lowest BCUT2D eigenvalue weighted by Gasteiger charge is -2.32. The van der Waals surface area contributed by atoms with Crippen LogP contribution in [0, 0.1) is 11.8 Å². The Balaban J connectivity index is 1.75. The van der Waals surface area contributed by atoms with E-state index in [-0.39, 0.29) is 5.91 Å². The average molecular weight is 270 g/mol. The van der Waals surface area contributed by atoms with Gasteiger partial charge in [0.15, 0.2) is 0 Å². The van der Waals surface area contributed by atoms with Crippen molar-refractivity contribution in [3.8, 4) is 0 Å². The summed E-state index contributed by atoms with van der Waals surface area (Å²) in [5.74, 6) is 1.52. The number of carbonyl (C=O) groups excluding carboxylic acids is 1. The first kappa shape index (κ1) is 13.2. The molecule has 1 heterocycles. The molecule has 1 saturated carbocycles. The Labute approximate surface area is 119 Å². The van der Waals surface area contributed by atoms with Gasteiger partial charge >= 0.3 is 0 Å². The number of amides is 1. The van der Waals surface area contributed by atoms with E-state index in [9.17, 15) is 4.79 Å². The molecule has 1 amide bonds. The molecule has 2 aromatic rings. The molecule has 3 unspecified atom stereocenters. The van der Waals surface area contributed by atoms with Crippen molar-refractivity contribution in [3.63, 3.8) is 0 Å². The van der Waals surface area contributed by atoms with Crippen LogP contribution in [0.5, 0.6) is 0 Å². The average Bonchev–Trinajstić information content (AvgIpc) is 2.91. The Morgan fingerprint density at radius 3 is 2.85 bits per heavy atom. The highest BCUT2D eigenvalue weighted by atomic mass is 16.1. The van der Waals surface area contributed by atoms with Gasteiger partial charge in [-0.3, -0.25) is 4.79 Å². The Bertz CT molecular complexity index is 616. The molecule has 0 radical (unpaired) electrons. The minimum Gasteiger partial charge on any atom is -0.361 e. The molecule has 0 saturated heterocycles. The Hall–Kier alpha value is -1.77. The Morgan fingerprint density at radius 2 is 2.05 bits per heavy atom. The van der Waals surface area contributed by atoms with Crippen LogP contribution in [0.25, 0.3) is 10.9 Å². The quantitative estimate of drug-likeness (QED) is 0.858. The predicted octanol–water partition coefficient (Wildman–Crippen LogP) is 3.72. The summed E-state index contributed by atoms with van der Waals surface area (Å²) in [6, 6.07) is 8.12. The number of fused-ring (bicyclic) bond motifs is 1. The summed E-state index contributed by atoms with van der Waals surface area (Å²) in [4.78, 5) is 15.6. The second-order valence-electron chi connectivity index (χ2n) is 6.18. The molecular weight excluding hydrogens is 248 g/mol. The number of aromatic nitrogens is 1. The molecule has 106 valence electrons. The zero-order valence-electron chi connectivity index (χ0n) is 12.1. The fourth-order valence-corrected chi connectivity index (χ4v) is 3.23. The van der Waals surface area contributed by atoms with Crippen LogP contribution >= 0.6 is 0 Å². The molecule has 1 aromatic carbocycles. The molecule has 3 nitrogen and oxygen atoms in total. The van der Waals surface area contributed by atoms with Gasteiger partial charge in [-0.15, -0.1) is 0 Å². The topological polar surface area (TPSA) is 44.9 Å². The van der Waals surface area contributed by atoms with Crippen molar-refractivity contribution in [3.05, 3.63) is 36.0 Å². The fraction of sp³-hybridized carbons (Fsp3) is 0.471. The normalized spacial score (nSPS) is 26.6.